The molecule has 1 atom stereocenters. The second kappa shape index (κ2) is 12.7. The van der Waals surface area contributed by atoms with Crippen molar-refractivity contribution in [3.8, 4) is 0 Å². The summed E-state index contributed by atoms with van der Waals surface area (Å²) in [6.45, 7) is 2.06. The summed E-state index contributed by atoms with van der Waals surface area (Å²) in [7, 11) is 0. The van der Waals surface area contributed by atoms with E-state index in [4.69, 9.17) is 0 Å². The van der Waals surface area contributed by atoms with Gasteiger partial charge >= 0.3 is 0 Å². The van der Waals surface area contributed by atoms with Gasteiger partial charge in [-0.2, -0.15) is 0 Å². The molecule has 4 aromatic rings. The molecule has 2 amide bonds. The van der Waals surface area contributed by atoms with E-state index in [1.54, 1.807) is 53.4 Å². The highest BCUT2D eigenvalue weighted by Gasteiger charge is 2.32. The summed E-state index contributed by atoms with van der Waals surface area (Å²) in [5.41, 5.74) is 3.25. The normalized spacial score (nSPS) is 14.6. The minimum atomic E-state index is -0.716. The molecule has 0 saturated carbocycles. The van der Waals surface area contributed by atoms with Crippen LogP contribution in [0.1, 0.15) is 33.1 Å². The lowest BCUT2D eigenvalue weighted by Crippen LogP contribution is -2.56. The molecule has 40 heavy (non-hydrogen) atoms. The third kappa shape index (κ3) is 6.61. The first kappa shape index (κ1) is 27.2. The third-order valence-corrected chi connectivity index (χ3v) is 7.28. The van der Waals surface area contributed by atoms with E-state index in [0.29, 0.717) is 38.2 Å². The summed E-state index contributed by atoms with van der Waals surface area (Å²) in [4.78, 5) is 30.8. The maximum absolute atomic E-state index is 13.8. The van der Waals surface area contributed by atoms with Crippen LogP contribution in [0.2, 0.25) is 0 Å². The predicted octanol–water partition coefficient (Wildman–Crippen LogP) is 5.24. The molecular formula is C33H31F2N3O2. The van der Waals surface area contributed by atoms with Gasteiger partial charge in [0.05, 0.1) is 6.04 Å². The van der Waals surface area contributed by atoms with E-state index in [1.165, 1.54) is 24.3 Å². The first-order valence-electron chi connectivity index (χ1n) is 13.4. The number of hydrogen-bond donors (Lipinski definition) is 1. The number of amides is 2. The van der Waals surface area contributed by atoms with E-state index in [0.717, 1.165) is 16.7 Å². The van der Waals surface area contributed by atoms with Crippen LogP contribution in [0.3, 0.4) is 0 Å². The van der Waals surface area contributed by atoms with Gasteiger partial charge in [-0.3, -0.25) is 14.5 Å². The van der Waals surface area contributed by atoms with Crippen LogP contribution in [-0.2, 0) is 11.2 Å². The van der Waals surface area contributed by atoms with E-state index in [1.807, 2.05) is 36.4 Å². The molecule has 0 unspecified atom stereocenters. The first-order chi connectivity index (χ1) is 19.5. The van der Waals surface area contributed by atoms with Crippen molar-refractivity contribution in [2.24, 2.45) is 0 Å². The Labute approximate surface area is 233 Å². The molecule has 4 aromatic carbocycles. The molecule has 204 valence electrons. The number of carbonyl (C=O) groups excluding carboxylic acids is 2. The van der Waals surface area contributed by atoms with Crippen LogP contribution in [0.4, 0.5) is 8.78 Å². The first-order valence-corrected chi connectivity index (χ1v) is 13.4. The van der Waals surface area contributed by atoms with Gasteiger partial charge in [0.2, 0.25) is 5.91 Å². The van der Waals surface area contributed by atoms with Crippen LogP contribution in [0.25, 0.3) is 0 Å². The molecule has 1 saturated heterocycles. The summed E-state index contributed by atoms with van der Waals surface area (Å²) < 4.78 is 27.4. The lowest BCUT2D eigenvalue weighted by Gasteiger charge is -2.40. The van der Waals surface area contributed by atoms with E-state index >= 15 is 0 Å². The van der Waals surface area contributed by atoms with Gasteiger partial charge in [0, 0.05) is 38.2 Å². The zero-order valence-electron chi connectivity index (χ0n) is 22.0. The quantitative estimate of drug-likeness (QED) is 0.333. The van der Waals surface area contributed by atoms with Gasteiger partial charge in [-0.1, -0.05) is 72.8 Å². The Bertz CT molecular complexity index is 1360. The lowest BCUT2D eigenvalue weighted by molar-refractivity contribution is -0.135. The number of carbonyl (C=O) groups is 2. The van der Waals surface area contributed by atoms with Gasteiger partial charge in [0.25, 0.3) is 5.91 Å². The van der Waals surface area contributed by atoms with Gasteiger partial charge < -0.3 is 10.2 Å². The minimum absolute atomic E-state index is 0.132. The molecule has 7 heteroatoms. The summed E-state index contributed by atoms with van der Waals surface area (Å²) in [6, 6.07) is 30.3. The topological polar surface area (TPSA) is 52.7 Å². The van der Waals surface area contributed by atoms with Gasteiger partial charge in [0.15, 0.2) is 0 Å². The van der Waals surface area contributed by atoms with Crippen molar-refractivity contribution in [2.45, 2.75) is 18.5 Å². The Morgan fingerprint density at radius 3 is 1.70 bits per heavy atom. The highest BCUT2D eigenvalue weighted by atomic mass is 19.1. The number of rotatable bonds is 8. The fourth-order valence-electron chi connectivity index (χ4n) is 5.21. The predicted molar refractivity (Wildman–Crippen MR) is 151 cm³/mol. The molecule has 1 fully saturated rings. The monoisotopic (exact) mass is 539 g/mol. The van der Waals surface area contributed by atoms with Crippen molar-refractivity contribution >= 4 is 11.8 Å². The molecule has 0 aliphatic carbocycles. The van der Waals surface area contributed by atoms with Gasteiger partial charge in [-0.05, 0) is 53.1 Å². The van der Waals surface area contributed by atoms with E-state index < -0.39 is 6.04 Å². The van der Waals surface area contributed by atoms with Crippen molar-refractivity contribution in [2.75, 3.05) is 26.2 Å². The number of hydrogen-bond acceptors (Lipinski definition) is 3. The van der Waals surface area contributed by atoms with Gasteiger partial charge in [-0.25, -0.2) is 8.78 Å². The van der Waals surface area contributed by atoms with E-state index in [-0.39, 0.29) is 29.5 Å². The Balaban J connectivity index is 1.32. The van der Waals surface area contributed by atoms with Crippen molar-refractivity contribution in [3.63, 3.8) is 0 Å². The highest BCUT2D eigenvalue weighted by molar-refractivity contribution is 5.97. The molecule has 1 aliphatic heterocycles. The fourth-order valence-corrected chi connectivity index (χ4v) is 5.21. The van der Waals surface area contributed by atoms with Crippen LogP contribution >= 0.6 is 0 Å². The van der Waals surface area contributed by atoms with Crippen LogP contribution in [0.5, 0.6) is 0 Å². The summed E-state index contributed by atoms with van der Waals surface area (Å²) in [5, 5.41) is 2.96. The zero-order valence-corrected chi connectivity index (χ0v) is 22.0. The number of nitrogens with zero attached hydrogens (tertiary/aromatic N) is 2. The van der Waals surface area contributed by atoms with Crippen molar-refractivity contribution in [3.05, 3.63) is 143 Å². The van der Waals surface area contributed by atoms with Crippen LogP contribution in [-0.4, -0.2) is 53.8 Å². The maximum atomic E-state index is 13.8. The highest BCUT2D eigenvalue weighted by Crippen LogP contribution is 2.30. The average molecular weight is 540 g/mol. The average Bonchev–Trinajstić information content (AvgIpc) is 3.00. The maximum Gasteiger partial charge on any atom is 0.251 e. The summed E-state index contributed by atoms with van der Waals surface area (Å²) in [6.07, 6.45) is 0.381. The second-order valence-corrected chi connectivity index (χ2v) is 9.95. The Morgan fingerprint density at radius 1 is 0.675 bits per heavy atom. The van der Waals surface area contributed by atoms with Gasteiger partial charge in [0.1, 0.15) is 17.7 Å². The van der Waals surface area contributed by atoms with Crippen LogP contribution in [0.15, 0.2) is 109 Å². The molecule has 5 rings (SSSR count). The standard InChI is InChI=1S/C33H31F2N3O2/c34-28-15-11-25(12-16-28)31(26-13-17-29(35)18-14-26)37-19-21-38(22-20-37)33(40)30(23-24-7-3-1-4-8-24)36-32(39)27-9-5-2-6-10-27/h1-18,30-31H,19-23H2,(H,36,39)/t30-/m0/s1. The van der Waals surface area contributed by atoms with Crippen molar-refractivity contribution < 1.29 is 18.4 Å². The smallest absolute Gasteiger partial charge is 0.251 e. The second-order valence-electron chi connectivity index (χ2n) is 9.95. The van der Waals surface area contributed by atoms with Crippen LogP contribution in [0, 0.1) is 11.6 Å². The lowest BCUT2D eigenvalue weighted by atomic mass is 9.96. The molecule has 0 spiro atoms. The molecule has 0 radical (unpaired) electrons. The van der Waals surface area contributed by atoms with Gasteiger partial charge in [-0.15, -0.1) is 0 Å². The Kier molecular flexibility index (Phi) is 8.62. The Morgan fingerprint density at radius 2 is 1.18 bits per heavy atom. The number of halogens is 2. The fraction of sp³-hybridized carbons (Fsp3) is 0.212. The van der Waals surface area contributed by atoms with Crippen LogP contribution < -0.4 is 5.32 Å². The molecular weight excluding hydrogens is 508 g/mol. The molecule has 0 aromatic heterocycles. The molecule has 5 nitrogen and oxygen atoms in total. The SMILES string of the molecule is O=C(N[C@@H](Cc1ccccc1)C(=O)N1CCN(C(c2ccc(F)cc2)c2ccc(F)cc2)CC1)c1ccccc1. The van der Waals surface area contributed by atoms with Crippen molar-refractivity contribution in [1.82, 2.24) is 15.1 Å². The number of nitrogens with one attached hydrogen (secondary N) is 1. The summed E-state index contributed by atoms with van der Waals surface area (Å²) >= 11 is 0. The number of piperazine rings is 1. The summed E-state index contributed by atoms with van der Waals surface area (Å²) in [5.74, 6) is -1.06. The molecule has 0 bridgehead atoms. The number of benzene rings is 4. The largest absolute Gasteiger partial charge is 0.340 e. The Hall–Kier alpha value is -4.36. The van der Waals surface area contributed by atoms with Crippen molar-refractivity contribution in [1.29, 1.82) is 0 Å². The van der Waals surface area contributed by atoms with E-state index in [9.17, 15) is 18.4 Å². The minimum Gasteiger partial charge on any atom is -0.340 e. The molecule has 1 N–H and O–H groups in total. The molecule has 1 aliphatic rings. The molecule has 1 heterocycles. The zero-order chi connectivity index (χ0) is 27.9. The van der Waals surface area contributed by atoms with E-state index in [2.05, 4.69) is 10.2 Å². The third-order valence-electron chi connectivity index (χ3n) is 7.28.